The van der Waals surface area contributed by atoms with Crippen LogP contribution in [-0.4, -0.2) is 33.7 Å². The summed E-state index contributed by atoms with van der Waals surface area (Å²) in [7, 11) is 0. The monoisotopic (exact) mass is 307 g/mol. The fourth-order valence-electron chi connectivity index (χ4n) is 1.84. The summed E-state index contributed by atoms with van der Waals surface area (Å²) < 4.78 is 0. The molecule has 21 heavy (non-hydrogen) atoms. The number of hydrogen-bond acceptors (Lipinski definition) is 9. The number of carbonyl (C=O) groups is 1. The molecule has 0 aromatic heterocycles. The van der Waals surface area contributed by atoms with Gasteiger partial charge in [-0.2, -0.15) is 0 Å². The Hall–Kier alpha value is -2.17. The van der Waals surface area contributed by atoms with Gasteiger partial charge in [0, 0.05) is 13.0 Å². The third kappa shape index (κ3) is 4.70. The van der Waals surface area contributed by atoms with Crippen molar-refractivity contribution in [2.24, 2.45) is 5.92 Å². The van der Waals surface area contributed by atoms with Gasteiger partial charge >= 0.3 is 11.9 Å². The van der Waals surface area contributed by atoms with E-state index in [9.17, 15) is 25.0 Å². The van der Waals surface area contributed by atoms with E-state index in [4.69, 9.17) is 4.84 Å². The highest BCUT2D eigenvalue weighted by Gasteiger charge is 2.48. The van der Waals surface area contributed by atoms with E-state index in [-0.39, 0.29) is 13.0 Å². The van der Waals surface area contributed by atoms with Crippen molar-refractivity contribution in [1.82, 2.24) is 5.06 Å². The molecule has 1 heterocycles. The van der Waals surface area contributed by atoms with Gasteiger partial charge in [0.05, 0.1) is 5.92 Å². The maximum atomic E-state index is 11.7. The Kier molecular flexibility index (Phi) is 5.64. The van der Waals surface area contributed by atoms with Crippen LogP contribution in [0.3, 0.4) is 0 Å². The van der Waals surface area contributed by atoms with Gasteiger partial charge in [0.15, 0.2) is 0 Å². The lowest BCUT2D eigenvalue weighted by Gasteiger charge is -2.36. The lowest BCUT2D eigenvalue weighted by molar-refractivity contribution is -0.890. The molecule has 1 fully saturated rings. The summed E-state index contributed by atoms with van der Waals surface area (Å²) >= 11 is 0. The Bertz CT molecular complexity index is 397. The van der Waals surface area contributed by atoms with E-state index in [1.807, 2.05) is 0 Å². The van der Waals surface area contributed by atoms with E-state index in [0.717, 1.165) is 5.06 Å². The minimum absolute atomic E-state index is 0.0279. The molecule has 0 radical (unpaired) electrons. The van der Waals surface area contributed by atoms with Gasteiger partial charge in [-0.15, -0.1) is 20.2 Å². The van der Waals surface area contributed by atoms with E-state index in [0.29, 0.717) is 19.3 Å². The van der Waals surface area contributed by atoms with Crippen molar-refractivity contribution >= 4 is 5.97 Å². The molecule has 11 heteroatoms. The lowest BCUT2D eigenvalue weighted by Crippen LogP contribution is -2.55. The third-order valence-electron chi connectivity index (χ3n) is 2.84. The first-order valence-corrected chi connectivity index (χ1v) is 6.43. The predicted octanol–water partition coefficient (Wildman–Crippen LogP) is 1.05. The van der Waals surface area contributed by atoms with E-state index in [2.05, 4.69) is 9.68 Å². The van der Waals surface area contributed by atoms with E-state index in [1.54, 1.807) is 13.8 Å². The van der Waals surface area contributed by atoms with Crippen molar-refractivity contribution in [1.29, 1.82) is 0 Å². The van der Waals surface area contributed by atoms with E-state index < -0.39 is 28.0 Å². The molecule has 0 aliphatic carbocycles. The van der Waals surface area contributed by atoms with Crippen molar-refractivity contribution in [3.05, 3.63) is 20.2 Å². The van der Waals surface area contributed by atoms with Crippen LogP contribution in [-0.2, 0) is 19.3 Å². The molecule has 0 aromatic carbocycles. The summed E-state index contributed by atoms with van der Waals surface area (Å²) in [5.41, 5.74) is 0. The Morgan fingerprint density at radius 2 is 1.71 bits per heavy atom. The third-order valence-corrected chi connectivity index (χ3v) is 2.84. The first-order chi connectivity index (χ1) is 9.77. The van der Waals surface area contributed by atoms with Gasteiger partial charge in [-0.25, -0.2) is 0 Å². The number of rotatable bonds is 6. The smallest absolute Gasteiger partial charge is 0.349 e. The van der Waals surface area contributed by atoms with E-state index in [1.165, 1.54) is 0 Å². The molecule has 0 amide bonds. The highest BCUT2D eigenvalue weighted by Crippen LogP contribution is 2.31. The van der Waals surface area contributed by atoms with Crippen LogP contribution < -0.4 is 0 Å². The molecular weight excluding hydrogens is 290 g/mol. The molecular formula is C10H17N3O8. The van der Waals surface area contributed by atoms with Gasteiger partial charge in [0.2, 0.25) is 0 Å². The van der Waals surface area contributed by atoms with Crippen molar-refractivity contribution in [2.45, 2.75) is 45.4 Å². The molecule has 120 valence electrons. The summed E-state index contributed by atoms with van der Waals surface area (Å²) in [6.45, 7) is 3.15. The molecule has 1 saturated heterocycles. The summed E-state index contributed by atoms with van der Waals surface area (Å²) in [6, 6.07) is 0. The second-order valence-electron chi connectivity index (χ2n) is 4.82. The maximum Gasteiger partial charge on any atom is 0.349 e. The standard InChI is InChI=1S/C10H17N3O8/c1-8(2)9(14)19-11-7-5-3-4-6-10(11,20-12(15)16)21-13(17)18/h8H,3-7H2,1-2H3. The van der Waals surface area contributed by atoms with Crippen molar-refractivity contribution < 1.29 is 29.5 Å². The highest BCUT2D eigenvalue weighted by atomic mass is 17.1. The average Bonchev–Trinajstić information content (AvgIpc) is 2.51. The highest BCUT2D eigenvalue weighted by molar-refractivity contribution is 5.71. The number of hydroxylamine groups is 2. The van der Waals surface area contributed by atoms with Gasteiger partial charge in [-0.05, 0) is 12.8 Å². The summed E-state index contributed by atoms with van der Waals surface area (Å²) in [5.74, 6) is -3.58. The Morgan fingerprint density at radius 3 is 2.19 bits per heavy atom. The maximum absolute atomic E-state index is 11.7. The number of nitrogens with zero attached hydrogens (tertiary/aromatic N) is 3. The first kappa shape index (κ1) is 16.9. The molecule has 0 aromatic rings. The second kappa shape index (κ2) is 7.02. The van der Waals surface area contributed by atoms with Crippen LogP contribution in [0.1, 0.15) is 39.5 Å². The molecule has 0 bridgehead atoms. The van der Waals surface area contributed by atoms with E-state index >= 15 is 0 Å². The van der Waals surface area contributed by atoms with Crippen LogP contribution in [0.25, 0.3) is 0 Å². The van der Waals surface area contributed by atoms with Gasteiger partial charge < -0.3 is 4.84 Å². The minimum Gasteiger partial charge on any atom is -0.363 e. The Balaban J connectivity index is 3.05. The molecule has 0 unspecified atom stereocenters. The molecule has 0 spiro atoms. The predicted molar refractivity (Wildman–Crippen MR) is 65.0 cm³/mol. The summed E-state index contributed by atoms with van der Waals surface area (Å²) in [6.07, 6.45) is 1.37. The number of hydrogen-bond donors (Lipinski definition) is 0. The van der Waals surface area contributed by atoms with Gasteiger partial charge in [-0.3, -0.25) is 14.5 Å². The minimum atomic E-state index is -2.37. The zero-order chi connectivity index (χ0) is 16.0. The normalized spacial score (nSPS) is 18.6. The Morgan fingerprint density at radius 1 is 1.14 bits per heavy atom. The molecule has 0 N–H and O–H groups in total. The molecule has 11 nitrogen and oxygen atoms in total. The largest absolute Gasteiger partial charge is 0.363 e. The quantitative estimate of drug-likeness (QED) is 0.400. The summed E-state index contributed by atoms with van der Waals surface area (Å²) in [4.78, 5) is 46.7. The first-order valence-electron chi connectivity index (χ1n) is 6.43. The molecule has 1 aliphatic rings. The van der Waals surface area contributed by atoms with Crippen LogP contribution in [0.5, 0.6) is 0 Å². The zero-order valence-electron chi connectivity index (χ0n) is 11.7. The van der Waals surface area contributed by atoms with Crippen LogP contribution >= 0.6 is 0 Å². The van der Waals surface area contributed by atoms with Crippen molar-refractivity contribution in [2.75, 3.05) is 6.54 Å². The van der Waals surface area contributed by atoms with Crippen LogP contribution in [0.4, 0.5) is 0 Å². The van der Waals surface area contributed by atoms with Crippen molar-refractivity contribution in [3.8, 4) is 0 Å². The zero-order valence-corrected chi connectivity index (χ0v) is 11.7. The lowest BCUT2D eigenvalue weighted by atomic mass is 10.2. The fraction of sp³-hybridized carbons (Fsp3) is 0.900. The van der Waals surface area contributed by atoms with Crippen LogP contribution in [0.15, 0.2) is 0 Å². The van der Waals surface area contributed by atoms with Crippen molar-refractivity contribution in [3.63, 3.8) is 0 Å². The van der Waals surface area contributed by atoms with Crippen LogP contribution in [0.2, 0.25) is 0 Å². The fourth-order valence-corrected chi connectivity index (χ4v) is 1.84. The Labute approximate surface area is 119 Å². The summed E-state index contributed by atoms with van der Waals surface area (Å²) in [5, 5.41) is 19.6. The van der Waals surface area contributed by atoms with Gasteiger partial charge in [0.1, 0.15) is 0 Å². The van der Waals surface area contributed by atoms with Gasteiger partial charge in [0.25, 0.3) is 10.2 Å². The van der Waals surface area contributed by atoms with Gasteiger partial charge in [-0.1, -0.05) is 25.3 Å². The molecule has 1 aliphatic heterocycles. The molecule has 0 saturated carbocycles. The topological polar surface area (TPSA) is 134 Å². The molecule has 1 rings (SSSR count). The average molecular weight is 307 g/mol. The van der Waals surface area contributed by atoms with Crippen LogP contribution in [0, 0.1) is 26.1 Å². The SMILES string of the molecule is CC(C)C(=O)ON1CCCCCC1(O[N+](=O)[O-])O[N+](=O)[O-]. The molecule has 0 atom stereocenters. The second-order valence-corrected chi connectivity index (χ2v) is 4.82. The number of carbonyl (C=O) groups excluding carboxylic acids is 1.